The normalized spacial score (nSPS) is 12.5. The van der Waals surface area contributed by atoms with E-state index < -0.39 is 36.0 Å². The Morgan fingerprint density at radius 3 is 2.50 bits per heavy atom. The summed E-state index contributed by atoms with van der Waals surface area (Å²) < 4.78 is 55.7. The molecule has 0 bridgehead atoms. The average Bonchev–Trinajstić information content (AvgIpc) is 2.27. The Kier molecular flexibility index (Phi) is 6.95. The minimum absolute atomic E-state index is 0. The highest BCUT2D eigenvalue weighted by Gasteiger charge is 2.35. The van der Waals surface area contributed by atoms with E-state index in [0.29, 0.717) is 6.07 Å². The van der Waals surface area contributed by atoms with Gasteiger partial charge < -0.3 is 10.5 Å². The minimum Gasteiger partial charge on any atom is -0.466 e. The second-order valence-corrected chi connectivity index (χ2v) is 3.84. The van der Waals surface area contributed by atoms with Gasteiger partial charge in [-0.25, -0.2) is 4.39 Å². The first-order valence-electron chi connectivity index (χ1n) is 5.53. The van der Waals surface area contributed by atoms with Crippen molar-refractivity contribution in [3.05, 3.63) is 35.1 Å². The molecule has 1 rings (SSSR count). The van der Waals surface area contributed by atoms with Crippen molar-refractivity contribution in [1.29, 1.82) is 0 Å². The predicted molar refractivity (Wildman–Crippen MR) is 66.8 cm³/mol. The van der Waals surface area contributed by atoms with Crippen molar-refractivity contribution in [2.24, 2.45) is 5.73 Å². The molecule has 0 saturated carbocycles. The lowest BCUT2D eigenvalue weighted by molar-refractivity contribution is -0.144. The average molecular weight is 316 g/mol. The standard InChI is InChI=1S/C12H13F4NO2.ClH/c1-2-19-11(18)6-10(17)8-4-3-7(13)5-9(8)12(14,15)16;/h3-5,10H,2,6,17H2,1H3;1H/t10-;/m0./s1. The van der Waals surface area contributed by atoms with Gasteiger partial charge in [0, 0.05) is 6.04 Å². The molecule has 0 aliphatic heterocycles. The van der Waals surface area contributed by atoms with Crippen molar-refractivity contribution < 1.29 is 27.1 Å². The van der Waals surface area contributed by atoms with Gasteiger partial charge in [-0.3, -0.25) is 4.79 Å². The highest BCUT2D eigenvalue weighted by Crippen LogP contribution is 2.35. The first-order chi connectivity index (χ1) is 8.75. The Balaban J connectivity index is 0.00000361. The van der Waals surface area contributed by atoms with Gasteiger partial charge >= 0.3 is 12.1 Å². The molecule has 0 aromatic heterocycles. The summed E-state index contributed by atoms with van der Waals surface area (Å²) in [6.07, 6.45) is -5.13. The maximum absolute atomic E-state index is 12.9. The van der Waals surface area contributed by atoms with E-state index in [2.05, 4.69) is 4.74 Å². The second kappa shape index (κ2) is 7.44. The number of carbonyl (C=O) groups is 1. The number of esters is 1. The van der Waals surface area contributed by atoms with Crippen LogP contribution in [0.3, 0.4) is 0 Å². The van der Waals surface area contributed by atoms with E-state index in [-0.39, 0.29) is 24.6 Å². The van der Waals surface area contributed by atoms with Crippen molar-refractivity contribution >= 4 is 18.4 Å². The molecule has 0 aliphatic rings. The van der Waals surface area contributed by atoms with Crippen LogP contribution in [0.1, 0.15) is 30.5 Å². The van der Waals surface area contributed by atoms with Gasteiger partial charge in [0.05, 0.1) is 18.6 Å². The monoisotopic (exact) mass is 315 g/mol. The van der Waals surface area contributed by atoms with Gasteiger partial charge in [0.1, 0.15) is 5.82 Å². The van der Waals surface area contributed by atoms with Gasteiger partial charge in [-0.05, 0) is 24.6 Å². The molecule has 3 nitrogen and oxygen atoms in total. The van der Waals surface area contributed by atoms with Gasteiger partial charge in [-0.2, -0.15) is 13.2 Å². The number of alkyl halides is 3. The Hall–Kier alpha value is -1.34. The SMILES string of the molecule is CCOC(=O)C[C@H](N)c1ccc(F)cc1C(F)(F)F.Cl. The fourth-order valence-corrected chi connectivity index (χ4v) is 1.61. The summed E-state index contributed by atoms with van der Waals surface area (Å²) in [6.45, 7) is 1.68. The van der Waals surface area contributed by atoms with E-state index in [1.165, 1.54) is 0 Å². The van der Waals surface area contributed by atoms with E-state index in [1.807, 2.05) is 0 Å². The van der Waals surface area contributed by atoms with Crippen LogP contribution in [0.5, 0.6) is 0 Å². The molecular formula is C12H14ClF4NO2. The van der Waals surface area contributed by atoms with Crippen LogP contribution in [0.25, 0.3) is 0 Å². The Morgan fingerprint density at radius 1 is 1.40 bits per heavy atom. The molecule has 20 heavy (non-hydrogen) atoms. The number of halogens is 5. The second-order valence-electron chi connectivity index (χ2n) is 3.84. The summed E-state index contributed by atoms with van der Waals surface area (Å²) in [5.74, 6) is -1.72. The van der Waals surface area contributed by atoms with Crippen LogP contribution in [0.2, 0.25) is 0 Å². The molecule has 0 spiro atoms. The highest BCUT2D eigenvalue weighted by molar-refractivity contribution is 5.85. The number of benzene rings is 1. The molecule has 0 heterocycles. The molecule has 1 atom stereocenters. The third-order valence-corrected chi connectivity index (χ3v) is 2.41. The Morgan fingerprint density at radius 2 is 2.00 bits per heavy atom. The zero-order valence-electron chi connectivity index (χ0n) is 10.5. The van der Waals surface area contributed by atoms with Gasteiger partial charge in [-0.15, -0.1) is 12.4 Å². The number of carbonyl (C=O) groups excluding carboxylic acids is 1. The molecule has 1 aromatic rings. The Bertz CT molecular complexity index is 465. The van der Waals surface area contributed by atoms with Gasteiger partial charge in [0.15, 0.2) is 0 Å². The van der Waals surface area contributed by atoms with Crippen LogP contribution in [0.4, 0.5) is 17.6 Å². The maximum Gasteiger partial charge on any atom is 0.416 e. The van der Waals surface area contributed by atoms with Crippen LogP contribution >= 0.6 is 12.4 Å². The lowest BCUT2D eigenvalue weighted by Gasteiger charge is -2.17. The Labute approximate surface area is 119 Å². The van der Waals surface area contributed by atoms with E-state index >= 15 is 0 Å². The largest absolute Gasteiger partial charge is 0.466 e. The molecule has 0 saturated heterocycles. The third-order valence-electron chi connectivity index (χ3n) is 2.41. The van der Waals surface area contributed by atoms with Crippen LogP contribution < -0.4 is 5.73 Å². The van der Waals surface area contributed by atoms with Crippen molar-refractivity contribution in [1.82, 2.24) is 0 Å². The fraction of sp³-hybridized carbons (Fsp3) is 0.417. The van der Waals surface area contributed by atoms with Crippen LogP contribution in [-0.2, 0) is 15.7 Å². The molecule has 0 amide bonds. The summed E-state index contributed by atoms with van der Waals surface area (Å²) in [4.78, 5) is 11.2. The smallest absolute Gasteiger partial charge is 0.416 e. The highest BCUT2D eigenvalue weighted by atomic mass is 35.5. The number of ether oxygens (including phenoxy) is 1. The predicted octanol–water partition coefficient (Wildman–Crippen LogP) is 3.22. The number of hydrogen-bond acceptors (Lipinski definition) is 3. The van der Waals surface area contributed by atoms with Crippen molar-refractivity contribution in [2.45, 2.75) is 25.6 Å². The van der Waals surface area contributed by atoms with Crippen molar-refractivity contribution in [3.8, 4) is 0 Å². The van der Waals surface area contributed by atoms with E-state index in [0.717, 1.165) is 12.1 Å². The van der Waals surface area contributed by atoms with Gasteiger partial charge in [0.2, 0.25) is 0 Å². The van der Waals surface area contributed by atoms with Gasteiger partial charge in [0.25, 0.3) is 0 Å². The van der Waals surface area contributed by atoms with Crippen LogP contribution in [0.15, 0.2) is 18.2 Å². The quantitative estimate of drug-likeness (QED) is 0.685. The summed E-state index contributed by atoms with van der Waals surface area (Å²) in [5.41, 5.74) is 4.04. The zero-order valence-corrected chi connectivity index (χ0v) is 11.4. The lowest BCUT2D eigenvalue weighted by Crippen LogP contribution is -2.21. The molecule has 0 unspecified atom stereocenters. The zero-order chi connectivity index (χ0) is 14.6. The van der Waals surface area contributed by atoms with Crippen LogP contribution in [0, 0.1) is 5.82 Å². The number of hydrogen-bond donors (Lipinski definition) is 1. The topological polar surface area (TPSA) is 52.3 Å². The summed E-state index contributed by atoms with van der Waals surface area (Å²) in [6, 6.07) is 0.967. The maximum atomic E-state index is 12.9. The summed E-state index contributed by atoms with van der Waals surface area (Å²) in [5, 5.41) is 0. The molecular weight excluding hydrogens is 302 g/mol. The first-order valence-corrected chi connectivity index (χ1v) is 5.53. The molecule has 0 aliphatic carbocycles. The summed E-state index contributed by atoms with van der Waals surface area (Å²) >= 11 is 0. The molecule has 0 fully saturated rings. The van der Waals surface area contributed by atoms with Crippen LogP contribution in [-0.4, -0.2) is 12.6 Å². The summed E-state index contributed by atoms with van der Waals surface area (Å²) in [7, 11) is 0. The number of nitrogens with two attached hydrogens (primary N) is 1. The van der Waals surface area contributed by atoms with E-state index in [9.17, 15) is 22.4 Å². The fourth-order valence-electron chi connectivity index (χ4n) is 1.61. The molecule has 114 valence electrons. The lowest BCUT2D eigenvalue weighted by atomic mass is 9.98. The number of rotatable bonds is 4. The van der Waals surface area contributed by atoms with E-state index in [4.69, 9.17) is 5.73 Å². The van der Waals surface area contributed by atoms with E-state index in [1.54, 1.807) is 6.92 Å². The molecule has 2 N–H and O–H groups in total. The third kappa shape index (κ3) is 4.97. The van der Waals surface area contributed by atoms with Crippen molar-refractivity contribution in [3.63, 3.8) is 0 Å². The molecule has 0 radical (unpaired) electrons. The van der Waals surface area contributed by atoms with Crippen molar-refractivity contribution in [2.75, 3.05) is 6.61 Å². The first kappa shape index (κ1) is 18.7. The minimum atomic E-state index is -4.73. The molecule has 8 heteroatoms. The molecule has 1 aromatic carbocycles. The van der Waals surface area contributed by atoms with Gasteiger partial charge in [-0.1, -0.05) is 6.07 Å².